The molecule has 1 saturated heterocycles. The number of aromatic nitrogens is 5. The largest absolute Gasteiger partial charge is 0.326 e. The predicted molar refractivity (Wildman–Crippen MR) is 133 cm³/mol. The summed E-state index contributed by atoms with van der Waals surface area (Å²) in [6.45, 7) is 10.1. The first kappa shape index (κ1) is 23.3. The Labute approximate surface area is 203 Å². The molecule has 2 N–H and O–H groups in total. The molecule has 35 heavy (non-hydrogen) atoms. The Hall–Kier alpha value is -3.46. The van der Waals surface area contributed by atoms with Crippen LogP contribution in [-0.4, -0.2) is 37.6 Å². The van der Waals surface area contributed by atoms with E-state index in [4.69, 9.17) is 0 Å². The van der Waals surface area contributed by atoms with E-state index in [0.717, 1.165) is 25.7 Å². The van der Waals surface area contributed by atoms with Crippen LogP contribution in [0.2, 0.25) is 0 Å². The van der Waals surface area contributed by atoms with Gasteiger partial charge in [-0.2, -0.15) is 0 Å². The van der Waals surface area contributed by atoms with Gasteiger partial charge in [0.1, 0.15) is 22.9 Å². The third kappa shape index (κ3) is 4.48. The van der Waals surface area contributed by atoms with Crippen LogP contribution < -0.4 is 10.6 Å². The fourth-order valence-electron chi connectivity index (χ4n) is 4.93. The topological polar surface area (TPSA) is 80.6 Å². The average Bonchev–Trinajstić information content (AvgIpc) is 3.48. The summed E-state index contributed by atoms with van der Waals surface area (Å²) in [5, 5.41) is 6.44. The lowest BCUT2D eigenvalue weighted by Crippen LogP contribution is -2.14. The van der Waals surface area contributed by atoms with E-state index >= 15 is 0 Å². The molecule has 2 atom stereocenters. The third-order valence-electron chi connectivity index (χ3n) is 6.82. The minimum absolute atomic E-state index is 0.0106. The van der Waals surface area contributed by atoms with Gasteiger partial charge in [-0.25, -0.2) is 28.7 Å². The molecule has 4 heterocycles. The maximum atomic E-state index is 14.9. The van der Waals surface area contributed by atoms with Crippen molar-refractivity contribution in [2.24, 2.45) is 5.92 Å². The van der Waals surface area contributed by atoms with Crippen LogP contribution in [0.1, 0.15) is 50.5 Å². The van der Waals surface area contributed by atoms with Gasteiger partial charge in [-0.1, -0.05) is 13.0 Å². The molecular weight excluding hydrogens is 448 g/mol. The summed E-state index contributed by atoms with van der Waals surface area (Å²) >= 11 is 0. The lowest BCUT2D eigenvalue weighted by molar-refractivity contribution is 0.486. The summed E-state index contributed by atoms with van der Waals surface area (Å²) in [4.78, 5) is 17.3. The first-order valence-electron chi connectivity index (χ1n) is 12.0. The minimum Gasteiger partial charge on any atom is -0.326 e. The van der Waals surface area contributed by atoms with Crippen molar-refractivity contribution in [3.8, 4) is 11.3 Å². The first-order chi connectivity index (χ1) is 16.8. The van der Waals surface area contributed by atoms with Crippen LogP contribution in [0.5, 0.6) is 0 Å². The van der Waals surface area contributed by atoms with Gasteiger partial charge in [0.2, 0.25) is 5.95 Å². The lowest BCUT2D eigenvalue weighted by atomic mass is 9.88. The van der Waals surface area contributed by atoms with Crippen LogP contribution in [0.25, 0.3) is 22.3 Å². The number of benzene rings is 1. The fourth-order valence-corrected chi connectivity index (χ4v) is 4.93. The normalized spacial score (nSPS) is 16.8. The van der Waals surface area contributed by atoms with Gasteiger partial charge in [0, 0.05) is 17.8 Å². The maximum Gasteiger partial charge on any atom is 0.229 e. The molecule has 0 saturated carbocycles. The zero-order chi connectivity index (χ0) is 24.7. The van der Waals surface area contributed by atoms with Crippen LogP contribution in [-0.2, 0) is 0 Å². The van der Waals surface area contributed by atoms with Gasteiger partial charge >= 0.3 is 0 Å². The molecule has 182 valence electrons. The van der Waals surface area contributed by atoms with Crippen molar-refractivity contribution in [3.05, 3.63) is 59.7 Å². The van der Waals surface area contributed by atoms with Gasteiger partial charge < -0.3 is 15.2 Å². The molecule has 0 spiro atoms. The summed E-state index contributed by atoms with van der Waals surface area (Å²) in [7, 11) is 0. The molecule has 0 unspecified atom stereocenters. The fraction of sp³-hybridized carbons (Fsp3) is 0.385. The van der Waals surface area contributed by atoms with E-state index in [9.17, 15) is 8.78 Å². The molecule has 1 aromatic carbocycles. The quantitative estimate of drug-likeness (QED) is 0.381. The monoisotopic (exact) mass is 477 g/mol. The van der Waals surface area contributed by atoms with E-state index < -0.39 is 11.6 Å². The van der Waals surface area contributed by atoms with Crippen molar-refractivity contribution in [2.75, 3.05) is 18.4 Å². The van der Waals surface area contributed by atoms with E-state index in [-0.39, 0.29) is 23.2 Å². The lowest BCUT2D eigenvalue weighted by Gasteiger charge is -2.18. The van der Waals surface area contributed by atoms with Crippen LogP contribution in [0, 0.1) is 24.5 Å². The molecule has 0 aliphatic carbocycles. The van der Waals surface area contributed by atoms with Crippen LogP contribution >= 0.6 is 0 Å². The van der Waals surface area contributed by atoms with E-state index in [2.05, 4.69) is 37.5 Å². The highest BCUT2D eigenvalue weighted by atomic mass is 19.1. The Balaban J connectivity index is 1.43. The Kier molecular flexibility index (Phi) is 6.19. The average molecular weight is 478 g/mol. The molecule has 1 fully saturated rings. The van der Waals surface area contributed by atoms with Crippen molar-refractivity contribution in [1.82, 2.24) is 29.8 Å². The number of aryl methyl sites for hydroxylation is 1. The van der Waals surface area contributed by atoms with Crippen LogP contribution in [0.4, 0.5) is 20.5 Å². The maximum absolute atomic E-state index is 14.9. The highest BCUT2D eigenvalue weighted by Crippen LogP contribution is 2.31. The number of pyridine rings is 1. The second kappa shape index (κ2) is 9.30. The van der Waals surface area contributed by atoms with Crippen molar-refractivity contribution >= 4 is 22.8 Å². The molecule has 5 rings (SSSR count). The SMILES string of the molecule is Cc1nc2c(F)cc(-c3nc(Nc4ccc([C@@H](C)[C@H]5CCNC5)cn4)ncc3F)cc2n1C(C)C. The minimum atomic E-state index is -0.635. The number of imidazole rings is 1. The summed E-state index contributed by atoms with van der Waals surface area (Å²) < 4.78 is 31.6. The Morgan fingerprint density at radius 1 is 1.06 bits per heavy atom. The van der Waals surface area contributed by atoms with Crippen molar-refractivity contribution in [2.45, 2.75) is 46.1 Å². The summed E-state index contributed by atoms with van der Waals surface area (Å²) in [6, 6.07) is 6.97. The van der Waals surface area contributed by atoms with Gasteiger partial charge in [0.15, 0.2) is 11.6 Å². The first-order valence-corrected chi connectivity index (χ1v) is 12.0. The molecule has 1 aliphatic rings. The molecular formula is C26H29F2N7. The van der Waals surface area contributed by atoms with E-state index in [1.807, 2.05) is 43.7 Å². The predicted octanol–water partition coefficient (Wildman–Crippen LogP) is 5.51. The number of nitrogens with zero attached hydrogens (tertiary/aromatic N) is 5. The number of hydrogen-bond acceptors (Lipinski definition) is 6. The Bertz CT molecular complexity index is 1360. The van der Waals surface area contributed by atoms with Crippen molar-refractivity contribution in [3.63, 3.8) is 0 Å². The molecule has 1 aliphatic heterocycles. The number of hydrogen-bond donors (Lipinski definition) is 2. The smallest absolute Gasteiger partial charge is 0.229 e. The Morgan fingerprint density at radius 3 is 2.57 bits per heavy atom. The number of nitrogens with one attached hydrogen (secondary N) is 2. The molecule has 0 bridgehead atoms. The van der Waals surface area contributed by atoms with E-state index in [1.165, 1.54) is 11.6 Å². The molecule has 3 aromatic heterocycles. The van der Waals surface area contributed by atoms with Gasteiger partial charge in [-0.05, 0) is 75.9 Å². The van der Waals surface area contributed by atoms with Crippen molar-refractivity contribution < 1.29 is 8.78 Å². The van der Waals surface area contributed by atoms with Gasteiger partial charge in [-0.3, -0.25) is 0 Å². The summed E-state index contributed by atoms with van der Waals surface area (Å²) in [5.41, 5.74) is 2.37. The standard InChI is InChI=1S/C26H29F2N7/c1-14(2)35-16(4)32-25-20(27)9-19(10-22(25)35)24-21(28)13-31-26(34-24)33-23-6-5-17(12-30-23)15(3)18-7-8-29-11-18/h5-6,9-10,12-15,18,29H,7-8,11H2,1-4H3,(H,30,31,33,34)/t15-,18+/m1/s1. The zero-order valence-electron chi connectivity index (χ0n) is 20.3. The molecule has 0 amide bonds. The second-order valence-corrected chi connectivity index (χ2v) is 9.48. The molecule has 7 nitrogen and oxygen atoms in total. The second-order valence-electron chi connectivity index (χ2n) is 9.48. The number of halogens is 2. The van der Waals surface area contributed by atoms with Crippen LogP contribution in [0.3, 0.4) is 0 Å². The van der Waals surface area contributed by atoms with Crippen molar-refractivity contribution in [1.29, 1.82) is 0 Å². The summed E-state index contributed by atoms with van der Waals surface area (Å²) in [6.07, 6.45) is 4.10. The highest BCUT2D eigenvalue weighted by Gasteiger charge is 2.23. The number of rotatable bonds is 6. The molecule has 0 radical (unpaired) electrons. The third-order valence-corrected chi connectivity index (χ3v) is 6.82. The highest BCUT2D eigenvalue weighted by molar-refractivity contribution is 5.83. The van der Waals surface area contributed by atoms with Gasteiger partial charge in [0.25, 0.3) is 0 Å². The number of fused-ring (bicyclic) bond motifs is 1. The number of anilines is 2. The van der Waals surface area contributed by atoms with Crippen LogP contribution in [0.15, 0.2) is 36.7 Å². The van der Waals surface area contributed by atoms with E-state index in [0.29, 0.717) is 34.6 Å². The van der Waals surface area contributed by atoms with E-state index in [1.54, 1.807) is 6.07 Å². The molecule has 4 aromatic rings. The summed E-state index contributed by atoms with van der Waals surface area (Å²) in [5.74, 6) is 1.30. The Morgan fingerprint density at radius 2 is 1.89 bits per heavy atom. The molecule has 9 heteroatoms. The van der Waals surface area contributed by atoms with Gasteiger partial charge in [-0.15, -0.1) is 0 Å². The zero-order valence-corrected chi connectivity index (χ0v) is 20.3. The van der Waals surface area contributed by atoms with Gasteiger partial charge in [0.05, 0.1) is 11.7 Å².